The van der Waals surface area contributed by atoms with E-state index in [-0.39, 0.29) is 30.9 Å². The van der Waals surface area contributed by atoms with Crippen molar-refractivity contribution in [3.63, 3.8) is 0 Å². The molecule has 13 heavy (non-hydrogen) atoms. The minimum atomic E-state index is -0.237. The van der Waals surface area contributed by atoms with E-state index in [9.17, 15) is 4.79 Å². The quantitative estimate of drug-likeness (QED) is 0.427. The van der Waals surface area contributed by atoms with E-state index in [0.29, 0.717) is 19.4 Å². The molecular weight excluding hydrogens is 194 g/mol. The maximum absolute atomic E-state index is 10.6. The number of hydrogen-bond donors (Lipinski definition) is 1. The summed E-state index contributed by atoms with van der Waals surface area (Å²) in [5.41, 5.74) is 0. The summed E-state index contributed by atoms with van der Waals surface area (Å²) in [7, 11) is 0. The maximum Gasteiger partial charge on any atom is 0.305 e. The predicted octanol–water partition coefficient (Wildman–Crippen LogP) is 1.77. The van der Waals surface area contributed by atoms with E-state index < -0.39 is 0 Å². The van der Waals surface area contributed by atoms with Gasteiger partial charge in [-0.15, -0.1) is 12.4 Å². The van der Waals surface area contributed by atoms with Gasteiger partial charge in [0, 0.05) is 6.42 Å². The van der Waals surface area contributed by atoms with Gasteiger partial charge in [0.1, 0.15) is 0 Å². The molecule has 0 radical (unpaired) electrons. The molecule has 0 aliphatic carbocycles. The van der Waals surface area contributed by atoms with Crippen LogP contribution in [0.4, 0.5) is 0 Å². The van der Waals surface area contributed by atoms with Gasteiger partial charge in [0.05, 0.1) is 19.6 Å². The summed E-state index contributed by atoms with van der Waals surface area (Å²) in [5.74, 6) is -0.0688. The molecule has 4 nitrogen and oxygen atoms in total. The number of ether oxygens (including phenoxy) is 2. The van der Waals surface area contributed by atoms with Crippen LogP contribution in [0.1, 0.15) is 26.7 Å². The number of esters is 1. The fourth-order valence-electron chi connectivity index (χ4n) is 0.606. The first-order chi connectivity index (χ1) is 5.70. The molecule has 0 aliphatic heterocycles. The lowest BCUT2D eigenvalue weighted by Gasteiger charge is -2.04. The van der Waals surface area contributed by atoms with Crippen LogP contribution in [0.5, 0.6) is 0 Å². The van der Waals surface area contributed by atoms with Crippen molar-refractivity contribution >= 4 is 24.3 Å². The van der Waals surface area contributed by atoms with Gasteiger partial charge in [-0.1, -0.05) is 6.92 Å². The lowest BCUT2D eigenvalue weighted by molar-refractivity contribution is -0.143. The zero-order valence-corrected chi connectivity index (χ0v) is 8.78. The molecular formula is C8H16ClNO3. The molecule has 0 aromatic rings. The van der Waals surface area contributed by atoms with Crippen LogP contribution in [0.25, 0.3) is 0 Å². The van der Waals surface area contributed by atoms with Gasteiger partial charge in [-0.3, -0.25) is 10.2 Å². The highest BCUT2D eigenvalue weighted by Gasteiger charge is 2.00. The Hall–Kier alpha value is -0.770. The minimum absolute atomic E-state index is 0. The summed E-state index contributed by atoms with van der Waals surface area (Å²) in [4.78, 5) is 10.6. The first-order valence-corrected chi connectivity index (χ1v) is 4.06. The Kier molecular flexibility index (Phi) is 10.6. The summed E-state index contributed by atoms with van der Waals surface area (Å²) < 4.78 is 9.60. The van der Waals surface area contributed by atoms with Crippen LogP contribution >= 0.6 is 12.4 Å². The van der Waals surface area contributed by atoms with Crippen LogP contribution in [0.15, 0.2) is 0 Å². The fraction of sp³-hybridized carbons (Fsp3) is 0.750. The minimum Gasteiger partial charge on any atom is -0.481 e. The molecule has 0 aromatic heterocycles. The summed E-state index contributed by atoms with van der Waals surface area (Å²) in [6.07, 6.45) is 0.738. The second-order valence-corrected chi connectivity index (χ2v) is 2.18. The Bertz CT molecular complexity index is 161. The van der Waals surface area contributed by atoms with Crippen molar-refractivity contribution in [1.29, 1.82) is 5.41 Å². The Morgan fingerprint density at radius 1 is 1.31 bits per heavy atom. The van der Waals surface area contributed by atoms with Gasteiger partial charge in [-0.05, 0) is 6.92 Å². The van der Waals surface area contributed by atoms with Gasteiger partial charge in [-0.25, -0.2) is 0 Å². The molecule has 78 valence electrons. The number of nitrogens with one attached hydrogen (secondary N) is 1. The highest BCUT2D eigenvalue weighted by Crippen LogP contribution is 1.90. The fourth-order valence-corrected chi connectivity index (χ4v) is 0.606. The summed E-state index contributed by atoms with van der Waals surface area (Å²) in [5, 5.41) is 7.18. The zero-order valence-electron chi connectivity index (χ0n) is 7.96. The Morgan fingerprint density at radius 3 is 2.38 bits per heavy atom. The lowest BCUT2D eigenvalue weighted by atomic mass is 10.4. The van der Waals surface area contributed by atoms with Crippen molar-refractivity contribution in [3.8, 4) is 0 Å². The molecule has 0 saturated carbocycles. The molecule has 0 spiro atoms. The third-order valence-electron chi connectivity index (χ3n) is 1.20. The van der Waals surface area contributed by atoms with Crippen LogP contribution in [-0.4, -0.2) is 25.1 Å². The molecule has 0 aromatic carbocycles. The third kappa shape index (κ3) is 9.14. The molecule has 5 heteroatoms. The van der Waals surface area contributed by atoms with Crippen molar-refractivity contribution < 1.29 is 14.3 Å². The highest BCUT2D eigenvalue weighted by atomic mass is 35.5. The SMILES string of the molecule is CCOC(=N)CCOC(=O)CC.Cl. The van der Waals surface area contributed by atoms with E-state index in [2.05, 4.69) is 0 Å². The number of hydrogen-bond acceptors (Lipinski definition) is 4. The topological polar surface area (TPSA) is 59.4 Å². The van der Waals surface area contributed by atoms with E-state index in [4.69, 9.17) is 14.9 Å². The van der Waals surface area contributed by atoms with E-state index in [1.165, 1.54) is 0 Å². The van der Waals surface area contributed by atoms with Crippen LogP contribution in [0.2, 0.25) is 0 Å². The molecule has 0 amide bonds. The molecule has 0 aliphatic rings. The first kappa shape index (κ1) is 14.7. The summed E-state index contributed by atoms with van der Waals surface area (Å²) >= 11 is 0. The summed E-state index contributed by atoms with van der Waals surface area (Å²) in [6, 6.07) is 0. The van der Waals surface area contributed by atoms with Gasteiger partial charge >= 0.3 is 5.97 Å². The average Bonchev–Trinajstić information content (AvgIpc) is 2.04. The van der Waals surface area contributed by atoms with Gasteiger partial charge in [0.25, 0.3) is 0 Å². The van der Waals surface area contributed by atoms with E-state index in [0.717, 1.165) is 0 Å². The van der Waals surface area contributed by atoms with Gasteiger partial charge in [0.15, 0.2) is 5.90 Å². The molecule has 0 saturated heterocycles. The smallest absolute Gasteiger partial charge is 0.305 e. The second kappa shape index (κ2) is 9.32. The molecule has 0 heterocycles. The predicted molar refractivity (Wildman–Crippen MR) is 52.5 cm³/mol. The van der Waals surface area contributed by atoms with Crippen molar-refractivity contribution in [3.05, 3.63) is 0 Å². The zero-order chi connectivity index (χ0) is 9.40. The van der Waals surface area contributed by atoms with Crippen molar-refractivity contribution in [2.45, 2.75) is 26.7 Å². The number of rotatable bonds is 5. The Morgan fingerprint density at radius 2 is 1.92 bits per heavy atom. The van der Waals surface area contributed by atoms with Crippen LogP contribution in [-0.2, 0) is 14.3 Å². The third-order valence-corrected chi connectivity index (χ3v) is 1.20. The Balaban J connectivity index is 0. The standard InChI is InChI=1S/C8H15NO3.ClH/c1-3-8(10)12-6-5-7(9)11-4-2;/h9H,3-6H2,1-2H3;1H. The molecule has 0 rings (SSSR count). The normalized spacial score (nSPS) is 8.46. The summed E-state index contributed by atoms with van der Waals surface area (Å²) in [6.45, 7) is 4.27. The molecule has 0 fully saturated rings. The van der Waals surface area contributed by atoms with Crippen LogP contribution in [0, 0.1) is 5.41 Å². The lowest BCUT2D eigenvalue weighted by Crippen LogP contribution is -2.10. The van der Waals surface area contributed by atoms with Crippen molar-refractivity contribution in [2.24, 2.45) is 0 Å². The van der Waals surface area contributed by atoms with Crippen LogP contribution < -0.4 is 0 Å². The van der Waals surface area contributed by atoms with Crippen molar-refractivity contribution in [1.82, 2.24) is 0 Å². The number of carbonyl (C=O) groups excluding carboxylic acids is 1. The van der Waals surface area contributed by atoms with Gasteiger partial charge in [-0.2, -0.15) is 0 Å². The number of halogens is 1. The molecule has 0 unspecified atom stereocenters. The number of carbonyl (C=O) groups is 1. The largest absolute Gasteiger partial charge is 0.481 e. The second-order valence-electron chi connectivity index (χ2n) is 2.18. The van der Waals surface area contributed by atoms with Crippen molar-refractivity contribution in [2.75, 3.05) is 13.2 Å². The average molecular weight is 210 g/mol. The highest BCUT2D eigenvalue weighted by molar-refractivity contribution is 5.85. The first-order valence-electron chi connectivity index (χ1n) is 4.06. The monoisotopic (exact) mass is 209 g/mol. The van der Waals surface area contributed by atoms with Gasteiger partial charge in [0.2, 0.25) is 0 Å². The molecule has 0 atom stereocenters. The van der Waals surface area contributed by atoms with Gasteiger partial charge < -0.3 is 9.47 Å². The molecule has 1 N–H and O–H groups in total. The van der Waals surface area contributed by atoms with E-state index in [1.54, 1.807) is 6.92 Å². The Labute approximate surface area is 84.5 Å². The van der Waals surface area contributed by atoms with E-state index in [1.807, 2.05) is 6.92 Å². The van der Waals surface area contributed by atoms with Crippen LogP contribution in [0.3, 0.4) is 0 Å². The van der Waals surface area contributed by atoms with E-state index >= 15 is 0 Å². The maximum atomic E-state index is 10.6. The molecule has 0 bridgehead atoms.